The summed E-state index contributed by atoms with van der Waals surface area (Å²) in [6.07, 6.45) is 2.29. The zero-order valence-corrected chi connectivity index (χ0v) is 12.9. The van der Waals surface area contributed by atoms with Gasteiger partial charge in [0.1, 0.15) is 0 Å². The Hall–Kier alpha value is -1.67. The number of carbonyl (C=O) groups is 2. The molecule has 0 fully saturated rings. The van der Waals surface area contributed by atoms with E-state index in [0.29, 0.717) is 31.1 Å². The summed E-state index contributed by atoms with van der Waals surface area (Å²) in [7, 11) is 0. The number of nitrogens with zero attached hydrogens (tertiary/aromatic N) is 1. The lowest BCUT2D eigenvalue weighted by molar-refractivity contribution is 0.0691. The van der Waals surface area contributed by atoms with Crippen molar-refractivity contribution < 1.29 is 19.4 Å². The molecule has 0 saturated heterocycles. The minimum Gasteiger partial charge on any atom is -0.476 e. The van der Waals surface area contributed by atoms with Crippen LogP contribution in [0.1, 0.15) is 35.3 Å². The third kappa shape index (κ3) is 7.62. The fourth-order valence-electron chi connectivity index (χ4n) is 1.49. The van der Waals surface area contributed by atoms with Crippen LogP contribution >= 0.6 is 11.3 Å². The number of ether oxygens (including phenoxy) is 1. The highest BCUT2D eigenvalue weighted by molar-refractivity contribution is 7.09. The minimum absolute atomic E-state index is 0.0477. The van der Waals surface area contributed by atoms with Crippen LogP contribution in [0, 0.1) is 0 Å². The molecule has 21 heavy (non-hydrogen) atoms. The minimum atomic E-state index is -1.03. The van der Waals surface area contributed by atoms with Crippen LogP contribution in [0.15, 0.2) is 5.38 Å². The Kier molecular flexibility index (Phi) is 8.37. The van der Waals surface area contributed by atoms with Gasteiger partial charge in [-0.25, -0.2) is 14.6 Å². The largest absolute Gasteiger partial charge is 0.476 e. The topological polar surface area (TPSA) is 101 Å². The zero-order chi connectivity index (χ0) is 15.5. The zero-order valence-electron chi connectivity index (χ0n) is 12.1. The molecule has 0 aliphatic carbocycles. The fraction of sp³-hybridized carbons (Fsp3) is 0.615. The summed E-state index contributed by atoms with van der Waals surface area (Å²) in [5.74, 6) is -1.03. The van der Waals surface area contributed by atoms with E-state index < -0.39 is 5.97 Å². The van der Waals surface area contributed by atoms with Crippen molar-refractivity contribution >= 4 is 23.3 Å². The van der Waals surface area contributed by atoms with Gasteiger partial charge >= 0.3 is 12.0 Å². The molecule has 1 rings (SSSR count). The van der Waals surface area contributed by atoms with Crippen LogP contribution in [0.25, 0.3) is 0 Å². The number of thiazole rings is 1. The molecule has 7 nitrogen and oxygen atoms in total. The highest BCUT2D eigenvalue weighted by Crippen LogP contribution is 2.09. The molecule has 2 amide bonds. The third-order valence-corrected chi connectivity index (χ3v) is 3.40. The van der Waals surface area contributed by atoms with Crippen molar-refractivity contribution in [1.29, 1.82) is 0 Å². The molecule has 0 saturated carbocycles. The van der Waals surface area contributed by atoms with Gasteiger partial charge < -0.3 is 20.5 Å². The number of hydrogen-bond acceptors (Lipinski definition) is 5. The lowest BCUT2D eigenvalue weighted by Crippen LogP contribution is -2.37. The smallest absolute Gasteiger partial charge is 0.355 e. The van der Waals surface area contributed by atoms with Crippen molar-refractivity contribution in [1.82, 2.24) is 15.6 Å². The van der Waals surface area contributed by atoms with Gasteiger partial charge in [-0.05, 0) is 12.8 Å². The Morgan fingerprint density at radius 2 is 2.10 bits per heavy atom. The summed E-state index contributed by atoms with van der Waals surface area (Å²) >= 11 is 1.28. The maximum absolute atomic E-state index is 11.5. The van der Waals surface area contributed by atoms with Gasteiger partial charge in [0.15, 0.2) is 5.69 Å². The Morgan fingerprint density at radius 3 is 2.76 bits per heavy atom. The number of aromatic carboxylic acids is 1. The Balaban J connectivity index is 2.06. The number of nitrogens with one attached hydrogen (secondary N) is 2. The lowest BCUT2D eigenvalue weighted by atomic mass is 10.4. The van der Waals surface area contributed by atoms with Crippen LogP contribution in [0.4, 0.5) is 4.79 Å². The number of carboxylic acid groups (broad SMARTS) is 1. The van der Waals surface area contributed by atoms with E-state index in [9.17, 15) is 9.59 Å². The summed E-state index contributed by atoms with van der Waals surface area (Å²) < 4.78 is 5.30. The van der Waals surface area contributed by atoms with Crippen LogP contribution in [0.3, 0.4) is 0 Å². The SMILES string of the molecule is CCCOCCCNC(=O)NCCc1nc(C(=O)O)cs1. The van der Waals surface area contributed by atoms with Crippen LogP contribution in [-0.4, -0.2) is 48.4 Å². The van der Waals surface area contributed by atoms with Gasteiger partial charge in [-0.15, -0.1) is 11.3 Å². The summed E-state index contributed by atoms with van der Waals surface area (Å²) in [5, 5.41) is 16.4. The number of urea groups is 1. The predicted octanol–water partition coefficient (Wildman–Crippen LogP) is 1.50. The Bertz CT molecular complexity index is 450. The average molecular weight is 315 g/mol. The molecule has 0 aliphatic rings. The first-order valence-electron chi connectivity index (χ1n) is 6.90. The summed E-state index contributed by atoms with van der Waals surface area (Å²) in [5.41, 5.74) is 0.0477. The van der Waals surface area contributed by atoms with Crippen LogP contribution < -0.4 is 10.6 Å². The van der Waals surface area contributed by atoms with Crippen molar-refractivity contribution in [2.45, 2.75) is 26.2 Å². The maximum atomic E-state index is 11.5. The lowest BCUT2D eigenvalue weighted by Gasteiger charge is -2.07. The van der Waals surface area contributed by atoms with Crippen molar-refractivity contribution in [2.75, 3.05) is 26.3 Å². The van der Waals surface area contributed by atoms with Gasteiger partial charge in [0.2, 0.25) is 0 Å². The van der Waals surface area contributed by atoms with Crippen molar-refractivity contribution in [3.8, 4) is 0 Å². The first-order chi connectivity index (χ1) is 10.1. The number of carboxylic acids is 1. The molecule has 0 bridgehead atoms. The summed E-state index contributed by atoms with van der Waals surface area (Å²) in [4.78, 5) is 26.1. The van der Waals surface area contributed by atoms with Crippen LogP contribution in [0.5, 0.6) is 0 Å². The normalized spacial score (nSPS) is 10.3. The van der Waals surface area contributed by atoms with E-state index in [2.05, 4.69) is 15.6 Å². The van der Waals surface area contributed by atoms with Gasteiger partial charge in [-0.1, -0.05) is 6.92 Å². The quantitative estimate of drug-likeness (QED) is 0.568. The van der Waals surface area contributed by atoms with Crippen molar-refractivity contribution in [2.24, 2.45) is 0 Å². The highest BCUT2D eigenvalue weighted by Gasteiger charge is 2.08. The van der Waals surface area contributed by atoms with Gasteiger partial charge in [-0.2, -0.15) is 0 Å². The number of carbonyl (C=O) groups excluding carboxylic acids is 1. The molecule has 0 aliphatic heterocycles. The molecular formula is C13H21N3O4S. The van der Waals surface area contributed by atoms with Gasteiger partial charge in [0, 0.05) is 38.1 Å². The van der Waals surface area contributed by atoms with E-state index in [1.807, 2.05) is 6.92 Å². The number of hydrogen-bond donors (Lipinski definition) is 3. The van der Waals surface area contributed by atoms with Gasteiger partial charge in [-0.3, -0.25) is 0 Å². The molecule has 0 radical (unpaired) electrons. The molecule has 0 spiro atoms. The summed E-state index contributed by atoms with van der Waals surface area (Å²) in [6.45, 7) is 4.43. The molecule has 118 valence electrons. The summed E-state index contributed by atoms with van der Waals surface area (Å²) in [6, 6.07) is -0.236. The molecule has 0 aromatic carbocycles. The molecule has 0 atom stereocenters. The molecule has 3 N–H and O–H groups in total. The van der Waals surface area contributed by atoms with E-state index in [1.165, 1.54) is 16.7 Å². The molecule has 0 unspecified atom stereocenters. The molecular weight excluding hydrogens is 294 g/mol. The second kappa shape index (κ2) is 10.1. The fourth-order valence-corrected chi connectivity index (χ4v) is 2.26. The van der Waals surface area contributed by atoms with E-state index in [4.69, 9.17) is 9.84 Å². The average Bonchev–Trinajstić information content (AvgIpc) is 2.92. The third-order valence-electron chi connectivity index (χ3n) is 2.49. The monoisotopic (exact) mass is 315 g/mol. The van der Waals surface area contributed by atoms with Gasteiger partial charge in [0.25, 0.3) is 0 Å². The number of amides is 2. The van der Waals surface area contributed by atoms with Crippen LogP contribution in [0.2, 0.25) is 0 Å². The Morgan fingerprint density at radius 1 is 1.33 bits per heavy atom. The van der Waals surface area contributed by atoms with E-state index in [-0.39, 0.29) is 11.7 Å². The molecule has 1 aromatic heterocycles. The highest BCUT2D eigenvalue weighted by atomic mass is 32.1. The number of rotatable bonds is 10. The van der Waals surface area contributed by atoms with Crippen molar-refractivity contribution in [3.63, 3.8) is 0 Å². The molecule has 8 heteroatoms. The molecule has 1 heterocycles. The first kappa shape index (κ1) is 17.4. The molecule has 1 aromatic rings. The second-order valence-corrected chi connectivity index (χ2v) is 5.27. The first-order valence-corrected chi connectivity index (χ1v) is 7.78. The Labute approximate surface area is 127 Å². The predicted molar refractivity (Wildman–Crippen MR) is 79.9 cm³/mol. The van der Waals surface area contributed by atoms with E-state index >= 15 is 0 Å². The van der Waals surface area contributed by atoms with E-state index in [1.54, 1.807) is 0 Å². The maximum Gasteiger partial charge on any atom is 0.355 e. The number of aromatic nitrogens is 1. The van der Waals surface area contributed by atoms with Gasteiger partial charge in [0.05, 0.1) is 5.01 Å². The second-order valence-electron chi connectivity index (χ2n) is 4.33. The standard InChI is InChI=1S/C13H21N3O4S/c1-2-7-20-8-3-5-14-13(19)15-6-4-11-16-10(9-21-11)12(17)18/h9H,2-8H2,1H3,(H,17,18)(H2,14,15,19). The van der Waals surface area contributed by atoms with Crippen molar-refractivity contribution in [3.05, 3.63) is 16.1 Å². The van der Waals surface area contributed by atoms with Crippen LogP contribution in [-0.2, 0) is 11.2 Å². The van der Waals surface area contributed by atoms with E-state index in [0.717, 1.165) is 19.4 Å².